The summed E-state index contributed by atoms with van der Waals surface area (Å²) >= 11 is 0. The lowest BCUT2D eigenvalue weighted by Gasteiger charge is -2.17. The number of hydrogen-bond donors (Lipinski definition) is 2. The van der Waals surface area contributed by atoms with Crippen LogP contribution in [0.25, 0.3) is 10.8 Å². The van der Waals surface area contributed by atoms with Crippen molar-refractivity contribution in [3.05, 3.63) is 48.0 Å². The van der Waals surface area contributed by atoms with E-state index in [0.717, 1.165) is 16.3 Å². The Bertz CT molecular complexity index is 722. The molecule has 3 atom stereocenters. The maximum Gasteiger partial charge on any atom is 0.306 e. The van der Waals surface area contributed by atoms with Crippen molar-refractivity contribution in [3.63, 3.8) is 0 Å². The zero-order chi connectivity index (χ0) is 15.7. The number of fused-ring (bicyclic) bond motifs is 1. The molecule has 22 heavy (non-hydrogen) atoms. The molecule has 2 aromatic rings. The van der Waals surface area contributed by atoms with Crippen LogP contribution in [0.1, 0.15) is 30.7 Å². The van der Waals surface area contributed by atoms with E-state index in [9.17, 15) is 9.59 Å². The normalized spacial score (nSPS) is 21.5. The second-order valence-electron chi connectivity index (χ2n) is 5.99. The number of hydrogen-bond acceptors (Lipinski definition) is 2. The minimum absolute atomic E-state index is 0.00167. The molecule has 3 unspecified atom stereocenters. The zero-order valence-electron chi connectivity index (χ0n) is 12.1. The molecule has 4 heteroatoms. The molecule has 0 aromatic heterocycles. The van der Waals surface area contributed by atoms with Crippen LogP contribution in [0.5, 0.6) is 0 Å². The van der Waals surface area contributed by atoms with Gasteiger partial charge in [-0.3, -0.25) is 9.59 Å². The predicted octanol–water partition coefficient (Wildman–Crippen LogP) is 3.51. The Labute approximate surface area is 128 Å². The van der Waals surface area contributed by atoms with Gasteiger partial charge in [-0.05, 0) is 41.0 Å². The molecule has 114 valence electrons. The van der Waals surface area contributed by atoms with E-state index in [2.05, 4.69) is 6.07 Å². The number of benzene rings is 2. The topological polar surface area (TPSA) is 74.6 Å². The largest absolute Gasteiger partial charge is 0.481 e. The molecule has 0 heterocycles. The van der Waals surface area contributed by atoms with Gasteiger partial charge in [-0.2, -0.15) is 0 Å². The summed E-state index contributed by atoms with van der Waals surface area (Å²) in [5, 5.41) is 20.3. The van der Waals surface area contributed by atoms with Gasteiger partial charge in [0.15, 0.2) is 0 Å². The maximum absolute atomic E-state index is 11.1. The highest BCUT2D eigenvalue weighted by molar-refractivity contribution is 5.83. The van der Waals surface area contributed by atoms with Crippen LogP contribution >= 0.6 is 0 Å². The van der Waals surface area contributed by atoms with E-state index in [0.29, 0.717) is 12.8 Å². The van der Waals surface area contributed by atoms with Gasteiger partial charge in [0.25, 0.3) is 0 Å². The Morgan fingerprint density at radius 2 is 1.82 bits per heavy atom. The molecule has 0 radical (unpaired) electrons. The van der Waals surface area contributed by atoms with Gasteiger partial charge in [0, 0.05) is 6.42 Å². The number of carbonyl (C=O) groups is 2. The summed E-state index contributed by atoms with van der Waals surface area (Å²) in [7, 11) is 0. The molecule has 1 fully saturated rings. The van der Waals surface area contributed by atoms with Gasteiger partial charge in [-0.25, -0.2) is 0 Å². The average Bonchev–Trinajstić information content (AvgIpc) is 3.27. The van der Waals surface area contributed by atoms with Crippen molar-refractivity contribution in [1.29, 1.82) is 0 Å². The van der Waals surface area contributed by atoms with Gasteiger partial charge in [0.05, 0.1) is 5.92 Å². The molecule has 0 aliphatic heterocycles. The smallest absolute Gasteiger partial charge is 0.306 e. The van der Waals surface area contributed by atoms with Gasteiger partial charge in [0.1, 0.15) is 0 Å². The van der Waals surface area contributed by atoms with Crippen molar-refractivity contribution < 1.29 is 19.8 Å². The van der Waals surface area contributed by atoms with Crippen LogP contribution < -0.4 is 0 Å². The second-order valence-corrected chi connectivity index (χ2v) is 5.99. The molecular formula is C18H18O4. The third kappa shape index (κ3) is 2.96. The maximum atomic E-state index is 11.1. The summed E-state index contributed by atoms with van der Waals surface area (Å²) in [5.74, 6) is -1.88. The molecular weight excluding hydrogens is 280 g/mol. The Kier molecular flexibility index (Phi) is 3.84. The fourth-order valence-corrected chi connectivity index (χ4v) is 3.29. The summed E-state index contributed by atoms with van der Waals surface area (Å²) in [4.78, 5) is 22.0. The standard InChI is InChI=1S/C18H18O4/c19-17(20)8-7-14(15-10-16(15)18(21)22)13-6-5-11-3-1-2-4-12(11)9-13/h1-6,9,14-16H,7-8,10H2,(H,19,20)(H,21,22). The van der Waals surface area contributed by atoms with Crippen LogP contribution in [-0.2, 0) is 9.59 Å². The van der Waals surface area contributed by atoms with Crippen LogP contribution in [0.15, 0.2) is 42.5 Å². The fourth-order valence-electron chi connectivity index (χ4n) is 3.29. The number of aliphatic carboxylic acids is 2. The van der Waals surface area contributed by atoms with E-state index in [4.69, 9.17) is 10.2 Å². The third-order valence-electron chi connectivity index (χ3n) is 4.54. The fraction of sp³-hybridized carbons (Fsp3) is 0.333. The highest BCUT2D eigenvalue weighted by Gasteiger charge is 2.48. The average molecular weight is 298 g/mol. The van der Waals surface area contributed by atoms with Crippen LogP contribution in [0, 0.1) is 11.8 Å². The van der Waals surface area contributed by atoms with Gasteiger partial charge in [0.2, 0.25) is 0 Å². The first-order valence-corrected chi connectivity index (χ1v) is 7.49. The van der Waals surface area contributed by atoms with Gasteiger partial charge in [-0.15, -0.1) is 0 Å². The van der Waals surface area contributed by atoms with Crippen LogP contribution in [0.3, 0.4) is 0 Å². The van der Waals surface area contributed by atoms with Crippen LogP contribution in [0.2, 0.25) is 0 Å². The van der Waals surface area contributed by atoms with E-state index >= 15 is 0 Å². The molecule has 1 saturated carbocycles. The Morgan fingerprint density at radius 1 is 1.09 bits per heavy atom. The summed E-state index contributed by atoms with van der Waals surface area (Å²) in [6.07, 6.45) is 1.20. The van der Waals surface area contributed by atoms with Gasteiger partial charge in [-0.1, -0.05) is 42.5 Å². The predicted molar refractivity (Wildman–Crippen MR) is 82.8 cm³/mol. The van der Waals surface area contributed by atoms with E-state index in [1.807, 2.05) is 36.4 Å². The molecule has 3 rings (SSSR count). The van der Waals surface area contributed by atoms with Crippen molar-refractivity contribution in [2.24, 2.45) is 11.8 Å². The molecule has 0 spiro atoms. The Balaban J connectivity index is 1.89. The van der Waals surface area contributed by atoms with Crippen molar-refractivity contribution in [3.8, 4) is 0 Å². The van der Waals surface area contributed by atoms with E-state index in [1.54, 1.807) is 0 Å². The highest BCUT2D eigenvalue weighted by Crippen LogP contribution is 2.50. The first kappa shape index (κ1) is 14.6. The number of carboxylic acids is 2. The summed E-state index contributed by atoms with van der Waals surface area (Å²) in [6.45, 7) is 0. The van der Waals surface area contributed by atoms with E-state index in [1.165, 1.54) is 0 Å². The zero-order valence-corrected chi connectivity index (χ0v) is 12.1. The lowest BCUT2D eigenvalue weighted by atomic mass is 9.87. The van der Waals surface area contributed by atoms with Crippen molar-refractivity contribution >= 4 is 22.7 Å². The lowest BCUT2D eigenvalue weighted by molar-refractivity contribution is -0.139. The molecule has 0 saturated heterocycles. The summed E-state index contributed by atoms with van der Waals surface area (Å²) in [5.41, 5.74) is 1.05. The lowest BCUT2D eigenvalue weighted by Crippen LogP contribution is -2.09. The molecule has 2 aromatic carbocycles. The molecule has 1 aliphatic carbocycles. The summed E-state index contributed by atoms with van der Waals surface area (Å²) < 4.78 is 0. The van der Waals surface area contributed by atoms with Crippen LogP contribution in [0.4, 0.5) is 0 Å². The quantitative estimate of drug-likeness (QED) is 0.855. The molecule has 2 N–H and O–H groups in total. The second kappa shape index (κ2) is 5.79. The SMILES string of the molecule is O=C(O)CCC(c1ccc2ccccc2c1)C1CC1C(=O)O. The van der Waals surface area contributed by atoms with Crippen molar-refractivity contribution in [2.75, 3.05) is 0 Å². The molecule has 0 bridgehead atoms. The van der Waals surface area contributed by atoms with Crippen molar-refractivity contribution in [2.45, 2.75) is 25.2 Å². The van der Waals surface area contributed by atoms with Crippen LogP contribution in [-0.4, -0.2) is 22.2 Å². The minimum Gasteiger partial charge on any atom is -0.481 e. The monoisotopic (exact) mass is 298 g/mol. The number of carboxylic acid groups (broad SMARTS) is 2. The van der Waals surface area contributed by atoms with E-state index in [-0.39, 0.29) is 24.2 Å². The highest BCUT2D eigenvalue weighted by atomic mass is 16.4. The molecule has 4 nitrogen and oxygen atoms in total. The number of rotatable bonds is 6. The molecule has 0 amide bonds. The Morgan fingerprint density at radius 3 is 2.45 bits per heavy atom. The van der Waals surface area contributed by atoms with E-state index < -0.39 is 11.9 Å². The third-order valence-corrected chi connectivity index (χ3v) is 4.54. The molecule has 1 aliphatic rings. The van der Waals surface area contributed by atoms with Crippen molar-refractivity contribution in [1.82, 2.24) is 0 Å². The van der Waals surface area contributed by atoms with Gasteiger partial charge >= 0.3 is 11.9 Å². The summed E-state index contributed by atoms with van der Waals surface area (Å²) in [6, 6.07) is 14.1. The van der Waals surface area contributed by atoms with Gasteiger partial charge < -0.3 is 10.2 Å². The first-order chi connectivity index (χ1) is 10.6. The minimum atomic E-state index is -0.835. The Hall–Kier alpha value is -2.36. The first-order valence-electron chi connectivity index (χ1n) is 7.49.